The summed E-state index contributed by atoms with van der Waals surface area (Å²) < 4.78 is 9.82. The summed E-state index contributed by atoms with van der Waals surface area (Å²) in [6.45, 7) is -0.515. The van der Waals surface area contributed by atoms with Crippen molar-refractivity contribution >= 4 is 14.4 Å². The molecule has 0 spiro atoms. The minimum absolute atomic E-state index is 0.185. The molecule has 0 aliphatic rings. The van der Waals surface area contributed by atoms with Crippen LogP contribution in [0.25, 0.3) is 0 Å². The van der Waals surface area contributed by atoms with Gasteiger partial charge in [0, 0.05) is 0 Å². The van der Waals surface area contributed by atoms with Crippen molar-refractivity contribution in [2.75, 3.05) is 12.8 Å². The molecule has 0 radical (unpaired) electrons. The highest BCUT2D eigenvalue weighted by Crippen LogP contribution is 1.97. The third kappa shape index (κ3) is 3.91. The molecule has 0 unspecified atom stereocenters. The van der Waals surface area contributed by atoms with E-state index in [-0.39, 0.29) is 14.7 Å². The Bertz CT molecular complexity index is 149. The van der Waals surface area contributed by atoms with Gasteiger partial charge in [-0.15, -0.1) is 4.91 Å². The zero-order valence-electron chi connectivity index (χ0n) is 4.93. The van der Waals surface area contributed by atoms with Crippen molar-refractivity contribution in [3.05, 3.63) is 4.91 Å². The van der Waals surface area contributed by atoms with E-state index in [1.807, 2.05) is 0 Å². The topological polar surface area (TPSA) is 87.0 Å². The van der Waals surface area contributed by atoms with Crippen molar-refractivity contribution in [1.82, 2.24) is 5.01 Å². The van der Waals surface area contributed by atoms with Crippen molar-refractivity contribution in [3.8, 4) is 0 Å². The van der Waals surface area contributed by atoms with Crippen molar-refractivity contribution in [1.29, 1.82) is 0 Å². The lowest BCUT2D eigenvalue weighted by atomic mass is 10.7. The molecule has 0 heterocycles. The Hall–Kier alpha value is -1.03. The first-order valence-electron chi connectivity index (χ1n) is 2.30. The maximum atomic E-state index is 9.90. The molecule has 0 rings (SSSR count). The highest BCUT2D eigenvalue weighted by molar-refractivity contribution is 7.23. The first-order chi connectivity index (χ1) is 4.70. The normalized spacial score (nSPS) is 9.20. The van der Waals surface area contributed by atoms with Crippen LogP contribution in [0, 0.1) is 4.91 Å². The minimum Gasteiger partial charge on any atom is -0.480 e. The van der Waals surface area contributed by atoms with E-state index in [0.29, 0.717) is 5.01 Å². The molecule has 10 heavy (non-hydrogen) atoms. The van der Waals surface area contributed by atoms with E-state index < -0.39 is 12.5 Å². The van der Waals surface area contributed by atoms with Crippen molar-refractivity contribution < 1.29 is 14.5 Å². The lowest BCUT2D eigenvalue weighted by Gasteiger charge is -2.05. The van der Waals surface area contributed by atoms with E-state index in [1.165, 1.54) is 0 Å². The van der Waals surface area contributed by atoms with Crippen molar-refractivity contribution in [3.63, 3.8) is 0 Å². The Balaban J connectivity index is 3.70. The molecular weight excluding hydrogens is 159 g/mol. The van der Waals surface area contributed by atoms with Crippen LogP contribution in [0.15, 0.2) is 5.29 Å². The Labute approximate surface area is 58.0 Å². The molecule has 0 aliphatic carbocycles. The molecule has 0 saturated carbocycles. The van der Waals surface area contributed by atoms with Gasteiger partial charge < -0.3 is 5.11 Å². The molecule has 0 bridgehead atoms. The smallest absolute Gasteiger partial charge is 0.325 e. The monoisotopic (exact) mass is 164 g/mol. The molecular formula is C3H5N2O4P. The molecule has 0 fully saturated rings. The van der Waals surface area contributed by atoms with Crippen LogP contribution >= 0.6 is 8.46 Å². The molecule has 6 nitrogen and oxygen atoms in total. The third-order valence-corrected chi connectivity index (χ3v) is 1.10. The van der Waals surface area contributed by atoms with Crippen LogP contribution < -0.4 is 0 Å². The van der Waals surface area contributed by atoms with Gasteiger partial charge in [-0.3, -0.25) is 9.36 Å². The molecule has 0 aromatic carbocycles. The number of hydrogen-bond donors (Lipinski definition) is 1. The van der Waals surface area contributed by atoms with Gasteiger partial charge in [0.15, 0.2) is 8.46 Å². The summed E-state index contributed by atoms with van der Waals surface area (Å²) in [5, 5.41) is 11.1. The zero-order chi connectivity index (χ0) is 7.98. The van der Waals surface area contributed by atoms with Gasteiger partial charge >= 0.3 is 5.97 Å². The maximum absolute atomic E-state index is 9.90. The van der Waals surface area contributed by atoms with Crippen molar-refractivity contribution in [2.45, 2.75) is 0 Å². The molecule has 0 amide bonds. The fourth-order valence-corrected chi connectivity index (χ4v) is 0.612. The second kappa shape index (κ2) is 4.81. The van der Waals surface area contributed by atoms with E-state index in [4.69, 9.17) is 5.11 Å². The number of carboxylic acids is 1. The Morgan fingerprint density at radius 3 is 2.60 bits per heavy atom. The summed E-state index contributed by atoms with van der Waals surface area (Å²) in [5.74, 6) is -1.18. The summed E-state index contributed by atoms with van der Waals surface area (Å²) in [5.41, 5.74) is 0. The first-order valence-corrected chi connectivity index (χ1v) is 3.29. The SMILES string of the molecule is O=NN(CP=O)CC(=O)O. The fraction of sp³-hybridized carbons (Fsp3) is 0.667. The Morgan fingerprint density at radius 2 is 2.30 bits per heavy atom. The average molecular weight is 164 g/mol. The van der Waals surface area contributed by atoms with E-state index >= 15 is 0 Å². The summed E-state index contributed by atoms with van der Waals surface area (Å²) in [6, 6.07) is 0. The fourth-order valence-electron chi connectivity index (χ4n) is 0.327. The lowest BCUT2D eigenvalue weighted by Crippen LogP contribution is -2.22. The highest BCUT2D eigenvalue weighted by Gasteiger charge is 2.06. The van der Waals surface area contributed by atoms with Gasteiger partial charge in [0.2, 0.25) is 0 Å². The number of carbonyl (C=O) groups is 1. The predicted octanol–water partition coefficient (Wildman–Crippen LogP) is 0.304. The molecule has 0 atom stereocenters. The highest BCUT2D eigenvalue weighted by atomic mass is 31.1. The molecule has 56 valence electrons. The third-order valence-electron chi connectivity index (χ3n) is 0.654. The van der Waals surface area contributed by atoms with E-state index in [1.54, 1.807) is 0 Å². The lowest BCUT2D eigenvalue weighted by molar-refractivity contribution is -0.138. The summed E-state index contributed by atoms with van der Waals surface area (Å²) in [6.07, 6.45) is -0.185. The second-order valence-corrected chi connectivity index (χ2v) is 1.95. The molecule has 0 aromatic rings. The van der Waals surface area contributed by atoms with Crippen LogP contribution in [0.5, 0.6) is 0 Å². The van der Waals surface area contributed by atoms with Gasteiger partial charge in [-0.1, -0.05) is 0 Å². The molecule has 7 heteroatoms. The van der Waals surface area contributed by atoms with Gasteiger partial charge in [0.1, 0.15) is 12.8 Å². The Morgan fingerprint density at radius 1 is 1.70 bits per heavy atom. The minimum atomic E-state index is -1.18. The van der Waals surface area contributed by atoms with Gasteiger partial charge in [-0.2, -0.15) is 0 Å². The largest absolute Gasteiger partial charge is 0.480 e. The van der Waals surface area contributed by atoms with Crippen LogP contribution in [0.4, 0.5) is 0 Å². The number of hydrogen-bond acceptors (Lipinski definition) is 4. The van der Waals surface area contributed by atoms with E-state index in [0.717, 1.165) is 0 Å². The van der Waals surface area contributed by atoms with Crippen molar-refractivity contribution in [2.24, 2.45) is 5.29 Å². The molecule has 1 N–H and O–H groups in total. The summed E-state index contributed by atoms with van der Waals surface area (Å²) >= 11 is 0. The van der Waals surface area contributed by atoms with Gasteiger partial charge in [0.05, 0.1) is 5.29 Å². The first kappa shape index (κ1) is 8.97. The number of carboxylic acid groups (broad SMARTS) is 1. The van der Waals surface area contributed by atoms with Crippen LogP contribution in [0.3, 0.4) is 0 Å². The number of nitrogens with zero attached hydrogens (tertiary/aromatic N) is 2. The quantitative estimate of drug-likeness (QED) is 0.358. The molecule has 0 aliphatic heterocycles. The summed E-state index contributed by atoms with van der Waals surface area (Å²) in [7, 11) is -0.321. The van der Waals surface area contributed by atoms with E-state index in [2.05, 4.69) is 5.29 Å². The maximum Gasteiger partial charge on any atom is 0.325 e. The van der Waals surface area contributed by atoms with Crippen LogP contribution in [0.1, 0.15) is 0 Å². The van der Waals surface area contributed by atoms with Gasteiger partial charge in [0.25, 0.3) is 0 Å². The summed E-state index contributed by atoms with van der Waals surface area (Å²) in [4.78, 5) is 19.6. The van der Waals surface area contributed by atoms with Crippen LogP contribution in [-0.4, -0.2) is 28.9 Å². The zero-order valence-corrected chi connectivity index (χ0v) is 5.82. The standard InChI is InChI=1S/C3H5N2O4P/c6-3(7)1-5(4-8)2-10-9/h1-2H2,(H,6,7). The number of rotatable bonds is 5. The number of aliphatic carboxylic acids is 1. The number of nitroso groups, excluding NO2 is 1. The molecule has 0 saturated heterocycles. The predicted molar refractivity (Wildman–Crippen MR) is 32.6 cm³/mol. The average Bonchev–Trinajstić information content (AvgIpc) is 1.86. The van der Waals surface area contributed by atoms with Crippen LogP contribution in [0.2, 0.25) is 0 Å². The second-order valence-electron chi connectivity index (χ2n) is 1.41. The Kier molecular flexibility index (Phi) is 4.32. The van der Waals surface area contributed by atoms with Crippen LogP contribution in [-0.2, 0) is 9.36 Å². The van der Waals surface area contributed by atoms with E-state index in [9.17, 15) is 14.3 Å². The van der Waals surface area contributed by atoms with Gasteiger partial charge in [-0.05, 0) is 0 Å². The van der Waals surface area contributed by atoms with Gasteiger partial charge in [-0.25, -0.2) is 5.01 Å². The molecule has 0 aromatic heterocycles.